The van der Waals surface area contributed by atoms with Crippen molar-refractivity contribution in [2.45, 2.75) is 6.54 Å². The Morgan fingerprint density at radius 3 is 2.88 bits per heavy atom. The molecule has 4 nitrogen and oxygen atoms in total. The summed E-state index contributed by atoms with van der Waals surface area (Å²) >= 11 is 0. The van der Waals surface area contributed by atoms with E-state index in [0.717, 1.165) is 0 Å². The zero-order valence-electron chi connectivity index (χ0n) is 8.21. The first-order chi connectivity index (χ1) is 7.66. The van der Waals surface area contributed by atoms with E-state index in [9.17, 15) is 8.78 Å². The van der Waals surface area contributed by atoms with Crippen LogP contribution in [0, 0.1) is 11.6 Å². The van der Waals surface area contributed by atoms with Crippen LogP contribution < -0.4 is 11.1 Å². The fourth-order valence-electron chi connectivity index (χ4n) is 1.19. The molecule has 0 atom stereocenters. The molecule has 2 rings (SSSR count). The van der Waals surface area contributed by atoms with Gasteiger partial charge in [0.25, 0.3) is 0 Å². The SMILES string of the molecule is Nc1nc(NCc2ccco2)c(F)cc1F. The summed E-state index contributed by atoms with van der Waals surface area (Å²) in [5.74, 6) is -1.50. The Bertz CT molecular complexity index is 485. The molecule has 16 heavy (non-hydrogen) atoms. The summed E-state index contributed by atoms with van der Waals surface area (Å²) in [6, 6.07) is 4.12. The molecule has 0 bridgehead atoms. The molecule has 84 valence electrons. The van der Waals surface area contributed by atoms with E-state index in [1.807, 2.05) is 0 Å². The number of nitrogens with two attached hydrogens (primary N) is 1. The number of nitrogens with zero attached hydrogens (tertiary/aromatic N) is 1. The summed E-state index contributed by atoms with van der Waals surface area (Å²) in [4.78, 5) is 3.55. The second-order valence-electron chi connectivity index (χ2n) is 3.12. The van der Waals surface area contributed by atoms with Crippen LogP contribution in [0.3, 0.4) is 0 Å². The molecule has 0 radical (unpaired) electrons. The minimum Gasteiger partial charge on any atom is -0.467 e. The summed E-state index contributed by atoms with van der Waals surface area (Å²) < 4.78 is 31.0. The van der Waals surface area contributed by atoms with Gasteiger partial charge in [-0.25, -0.2) is 13.8 Å². The molecule has 2 heterocycles. The number of furan rings is 1. The highest BCUT2D eigenvalue weighted by Crippen LogP contribution is 2.17. The lowest BCUT2D eigenvalue weighted by Crippen LogP contribution is -2.06. The van der Waals surface area contributed by atoms with Crippen molar-refractivity contribution >= 4 is 11.6 Å². The van der Waals surface area contributed by atoms with Gasteiger partial charge in [0.05, 0.1) is 12.8 Å². The number of hydrogen-bond acceptors (Lipinski definition) is 4. The smallest absolute Gasteiger partial charge is 0.168 e. The third kappa shape index (κ3) is 2.10. The number of rotatable bonds is 3. The van der Waals surface area contributed by atoms with Gasteiger partial charge in [0.2, 0.25) is 0 Å². The molecule has 2 aromatic rings. The van der Waals surface area contributed by atoms with E-state index in [2.05, 4.69) is 10.3 Å². The summed E-state index contributed by atoms with van der Waals surface area (Å²) in [6.07, 6.45) is 1.50. The number of hydrogen-bond donors (Lipinski definition) is 2. The Kier molecular flexibility index (Phi) is 2.72. The summed E-state index contributed by atoms with van der Waals surface area (Å²) in [5, 5.41) is 2.66. The Morgan fingerprint density at radius 1 is 1.38 bits per heavy atom. The van der Waals surface area contributed by atoms with Crippen LogP contribution in [0.2, 0.25) is 0 Å². The van der Waals surface area contributed by atoms with E-state index in [4.69, 9.17) is 10.2 Å². The molecule has 0 amide bonds. The van der Waals surface area contributed by atoms with Crippen molar-refractivity contribution in [3.05, 3.63) is 41.9 Å². The van der Waals surface area contributed by atoms with Gasteiger partial charge >= 0.3 is 0 Å². The zero-order chi connectivity index (χ0) is 11.5. The van der Waals surface area contributed by atoms with Crippen LogP contribution in [-0.2, 0) is 6.54 Å². The van der Waals surface area contributed by atoms with Crippen molar-refractivity contribution in [3.63, 3.8) is 0 Å². The molecule has 0 aliphatic heterocycles. The van der Waals surface area contributed by atoms with Crippen molar-refractivity contribution < 1.29 is 13.2 Å². The monoisotopic (exact) mass is 225 g/mol. The van der Waals surface area contributed by atoms with Gasteiger partial charge in [-0.3, -0.25) is 0 Å². The summed E-state index contributed by atoms with van der Waals surface area (Å²) in [7, 11) is 0. The van der Waals surface area contributed by atoms with Crippen LogP contribution in [0.25, 0.3) is 0 Å². The molecule has 2 aromatic heterocycles. The van der Waals surface area contributed by atoms with Gasteiger partial charge in [0, 0.05) is 6.07 Å². The fourth-order valence-corrected chi connectivity index (χ4v) is 1.19. The highest BCUT2D eigenvalue weighted by atomic mass is 19.1. The quantitative estimate of drug-likeness (QED) is 0.840. The molecule has 6 heteroatoms. The lowest BCUT2D eigenvalue weighted by atomic mass is 10.4. The standard InChI is InChI=1S/C10H9F2N3O/c11-7-4-8(12)10(15-9(7)13)14-5-6-2-1-3-16-6/h1-4H,5H2,(H3,13,14,15). The molecule has 3 N–H and O–H groups in total. The summed E-state index contributed by atoms with van der Waals surface area (Å²) in [6.45, 7) is 0.252. The zero-order valence-corrected chi connectivity index (χ0v) is 8.21. The van der Waals surface area contributed by atoms with Crippen molar-refractivity contribution in [2.75, 3.05) is 11.1 Å². The number of aromatic nitrogens is 1. The van der Waals surface area contributed by atoms with Crippen molar-refractivity contribution in [3.8, 4) is 0 Å². The van der Waals surface area contributed by atoms with Crippen LogP contribution in [-0.4, -0.2) is 4.98 Å². The van der Waals surface area contributed by atoms with Crippen LogP contribution >= 0.6 is 0 Å². The minimum atomic E-state index is -0.874. The van der Waals surface area contributed by atoms with Gasteiger partial charge in [0.1, 0.15) is 5.76 Å². The van der Waals surface area contributed by atoms with E-state index < -0.39 is 11.6 Å². The van der Waals surface area contributed by atoms with E-state index >= 15 is 0 Å². The lowest BCUT2D eigenvalue weighted by Gasteiger charge is -2.06. The highest BCUT2D eigenvalue weighted by Gasteiger charge is 2.09. The predicted octanol–water partition coefficient (Wildman–Crippen LogP) is 2.15. The lowest BCUT2D eigenvalue weighted by molar-refractivity contribution is 0.516. The normalized spacial score (nSPS) is 10.4. The first kappa shape index (κ1) is 10.4. The Labute approximate surface area is 90.1 Å². The molecule has 0 aliphatic rings. The number of anilines is 2. The Hall–Kier alpha value is -2.11. The summed E-state index contributed by atoms with van der Waals surface area (Å²) in [5.41, 5.74) is 5.22. The third-order valence-corrected chi connectivity index (χ3v) is 1.97. The predicted molar refractivity (Wildman–Crippen MR) is 54.6 cm³/mol. The van der Waals surface area contributed by atoms with E-state index in [-0.39, 0.29) is 18.2 Å². The maximum Gasteiger partial charge on any atom is 0.168 e. The topological polar surface area (TPSA) is 64.1 Å². The minimum absolute atomic E-state index is 0.102. The molecule has 0 aromatic carbocycles. The first-order valence-corrected chi connectivity index (χ1v) is 4.54. The van der Waals surface area contributed by atoms with Crippen LogP contribution in [0.5, 0.6) is 0 Å². The van der Waals surface area contributed by atoms with Gasteiger partial charge in [-0.1, -0.05) is 0 Å². The van der Waals surface area contributed by atoms with Crippen LogP contribution in [0.4, 0.5) is 20.4 Å². The number of pyridine rings is 1. The maximum atomic E-state index is 13.2. The van der Waals surface area contributed by atoms with Gasteiger partial charge in [0.15, 0.2) is 23.3 Å². The van der Waals surface area contributed by atoms with Crippen molar-refractivity contribution in [1.29, 1.82) is 0 Å². The molecular weight excluding hydrogens is 216 g/mol. The molecule has 0 saturated carbocycles. The average molecular weight is 225 g/mol. The van der Waals surface area contributed by atoms with E-state index in [1.165, 1.54) is 6.26 Å². The number of nitrogens with one attached hydrogen (secondary N) is 1. The molecule has 0 unspecified atom stereocenters. The fraction of sp³-hybridized carbons (Fsp3) is 0.100. The van der Waals surface area contributed by atoms with Crippen LogP contribution in [0.1, 0.15) is 5.76 Å². The number of nitrogen functional groups attached to an aromatic ring is 1. The van der Waals surface area contributed by atoms with E-state index in [0.29, 0.717) is 11.8 Å². The Balaban J connectivity index is 2.12. The number of halogens is 2. The first-order valence-electron chi connectivity index (χ1n) is 4.54. The maximum absolute atomic E-state index is 13.2. The average Bonchev–Trinajstić information content (AvgIpc) is 2.74. The van der Waals surface area contributed by atoms with Gasteiger partial charge < -0.3 is 15.5 Å². The molecular formula is C10H9F2N3O. The van der Waals surface area contributed by atoms with E-state index in [1.54, 1.807) is 12.1 Å². The highest BCUT2D eigenvalue weighted by molar-refractivity contribution is 5.44. The van der Waals surface area contributed by atoms with Crippen molar-refractivity contribution in [2.24, 2.45) is 0 Å². The molecule has 0 aliphatic carbocycles. The third-order valence-electron chi connectivity index (χ3n) is 1.97. The Morgan fingerprint density at radius 2 is 2.19 bits per heavy atom. The second kappa shape index (κ2) is 4.18. The molecule has 0 fully saturated rings. The molecule has 0 spiro atoms. The second-order valence-corrected chi connectivity index (χ2v) is 3.12. The molecule has 0 saturated heterocycles. The van der Waals surface area contributed by atoms with Crippen LogP contribution in [0.15, 0.2) is 28.9 Å². The van der Waals surface area contributed by atoms with Crippen molar-refractivity contribution in [1.82, 2.24) is 4.98 Å². The van der Waals surface area contributed by atoms with Gasteiger partial charge in [-0.15, -0.1) is 0 Å². The largest absolute Gasteiger partial charge is 0.467 e. The van der Waals surface area contributed by atoms with Gasteiger partial charge in [-0.2, -0.15) is 0 Å². The van der Waals surface area contributed by atoms with Gasteiger partial charge in [-0.05, 0) is 12.1 Å².